The van der Waals surface area contributed by atoms with Gasteiger partial charge in [-0.2, -0.15) is 0 Å². The molecule has 0 amide bonds. The average molecular weight is 310 g/mol. The van der Waals surface area contributed by atoms with Crippen molar-refractivity contribution >= 4 is 15.9 Å². The maximum Gasteiger partial charge on any atom is 0.0960 e. The number of hydrogen-bond donors (Lipinski definition) is 1. The smallest absolute Gasteiger partial charge is 0.0960 e. The van der Waals surface area contributed by atoms with Crippen molar-refractivity contribution in [1.29, 1.82) is 0 Å². The van der Waals surface area contributed by atoms with Gasteiger partial charge in [-0.15, -0.1) is 0 Å². The second kappa shape index (κ2) is 5.72. The van der Waals surface area contributed by atoms with E-state index in [1.165, 1.54) is 31.2 Å². The van der Waals surface area contributed by atoms with E-state index in [2.05, 4.69) is 45.5 Å². The van der Waals surface area contributed by atoms with E-state index >= 15 is 0 Å². The number of ether oxygens (including phenoxy) is 1. The molecular weight excluding hydrogens is 290 g/mol. The fourth-order valence-corrected chi connectivity index (χ4v) is 2.63. The summed E-state index contributed by atoms with van der Waals surface area (Å²) in [5.74, 6) is 0.816. The van der Waals surface area contributed by atoms with Gasteiger partial charge >= 0.3 is 0 Å². The van der Waals surface area contributed by atoms with Crippen LogP contribution in [0.15, 0.2) is 28.7 Å². The van der Waals surface area contributed by atoms with Crippen molar-refractivity contribution in [2.24, 2.45) is 5.92 Å². The highest BCUT2D eigenvalue weighted by atomic mass is 79.9. The van der Waals surface area contributed by atoms with Crippen LogP contribution in [-0.2, 0) is 4.74 Å². The highest BCUT2D eigenvalue weighted by Gasteiger charge is 2.26. The first-order valence-electron chi connectivity index (χ1n) is 6.92. The van der Waals surface area contributed by atoms with E-state index in [0.717, 1.165) is 29.6 Å². The van der Waals surface area contributed by atoms with Crippen LogP contribution in [0.1, 0.15) is 37.4 Å². The van der Waals surface area contributed by atoms with Crippen LogP contribution < -0.4 is 5.32 Å². The lowest BCUT2D eigenvalue weighted by molar-refractivity contribution is 0.0445. The van der Waals surface area contributed by atoms with Crippen LogP contribution in [0.5, 0.6) is 0 Å². The summed E-state index contributed by atoms with van der Waals surface area (Å²) in [4.78, 5) is 0. The van der Waals surface area contributed by atoms with Crippen molar-refractivity contribution < 1.29 is 4.74 Å². The van der Waals surface area contributed by atoms with Crippen LogP contribution in [0.25, 0.3) is 0 Å². The fourth-order valence-electron chi connectivity index (χ4n) is 2.09. The SMILES string of the molecule is Brc1ccccc1C(CNC1CC1)OCC1CC1. The van der Waals surface area contributed by atoms with Crippen molar-refractivity contribution in [2.45, 2.75) is 37.8 Å². The maximum absolute atomic E-state index is 6.12. The average Bonchev–Trinajstić information content (AvgIpc) is 3.26. The summed E-state index contributed by atoms with van der Waals surface area (Å²) in [7, 11) is 0. The maximum atomic E-state index is 6.12. The number of hydrogen-bond acceptors (Lipinski definition) is 2. The van der Waals surface area contributed by atoms with Gasteiger partial charge in [0.25, 0.3) is 0 Å². The highest BCUT2D eigenvalue weighted by molar-refractivity contribution is 9.10. The molecule has 0 bridgehead atoms. The monoisotopic (exact) mass is 309 g/mol. The lowest BCUT2D eigenvalue weighted by atomic mass is 10.1. The third-order valence-electron chi connectivity index (χ3n) is 3.65. The number of benzene rings is 1. The van der Waals surface area contributed by atoms with Crippen molar-refractivity contribution in [2.75, 3.05) is 13.2 Å². The Balaban J connectivity index is 1.63. The summed E-state index contributed by atoms with van der Waals surface area (Å²) >= 11 is 3.63. The van der Waals surface area contributed by atoms with Crippen molar-refractivity contribution in [1.82, 2.24) is 5.32 Å². The predicted molar refractivity (Wildman–Crippen MR) is 76.6 cm³/mol. The van der Waals surface area contributed by atoms with Gasteiger partial charge in [-0.3, -0.25) is 0 Å². The van der Waals surface area contributed by atoms with E-state index in [4.69, 9.17) is 4.74 Å². The highest BCUT2D eigenvalue weighted by Crippen LogP contribution is 2.33. The Morgan fingerprint density at radius 2 is 2.00 bits per heavy atom. The Hall–Kier alpha value is -0.380. The first-order valence-corrected chi connectivity index (χ1v) is 7.71. The second-order valence-electron chi connectivity index (χ2n) is 5.47. The molecule has 0 saturated heterocycles. The van der Waals surface area contributed by atoms with Crippen LogP contribution in [0, 0.1) is 5.92 Å². The second-order valence-corrected chi connectivity index (χ2v) is 6.32. The molecule has 0 aliphatic heterocycles. The number of halogens is 1. The molecule has 0 aromatic heterocycles. The minimum absolute atomic E-state index is 0.182. The minimum Gasteiger partial charge on any atom is -0.372 e. The molecule has 0 heterocycles. The molecule has 0 spiro atoms. The zero-order valence-electron chi connectivity index (χ0n) is 10.6. The molecule has 2 nitrogen and oxygen atoms in total. The van der Waals surface area contributed by atoms with Gasteiger partial charge < -0.3 is 10.1 Å². The Morgan fingerprint density at radius 3 is 2.67 bits per heavy atom. The molecule has 2 saturated carbocycles. The third-order valence-corrected chi connectivity index (χ3v) is 4.37. The van der Waals surface area contributed by atoms with E-state index in [-0.39, 0.29) is 6.10 Å². The number of nitrogens with one attached hydrogen (secondary N) is 1. The molecule has 0 radical (unpaired) electrons. The van der Waals surface area contributed by atoms with Crippen LogP contribution in [0.3, 0.4) is 0 Å². The van der Waals surface area contributed by atoms with E-state index in [1.54, 1.807) is 0 Å². The third kappa shape index (κ3) is 3.56. The van der Waals surface area contributed by atoms with E-state index < -0.39 is 0 Å². The lowest BCUT2D eigenvalue weighted by Crippen LogP contribution is -2.26. The quantitative estimate of drug-likeness (QED) is 0.830. The van der Waals surface area contributed by atoms with Gasteiger partial charge in [0.2, 0.25) is 0 Å². The molecule has 3 heteroatoms. The van der Waals surface area contributed by atoms with Gasteiger partial charge in [-0.1, -0.05) is 34.1 Å². The first kappa shape index (κ1) is 12.6. The van der Waals surface area contributed by atoms with Crippen molar-refractivity contribution in [3.63, 3.8) is 0 Å². The molecule has 98 valence electrons. The summed E-state index contributed by atoms with van der Waals surface area (Å²) in [6, 6.07) is 9.14. The van der Waals surface area contributed by atoms with Gasteiger partial charge in [0.1, 0.15) is 0 Å². The Bertz CT molecular complexity index is 385. The molecule has 3 rings (SSSR count). The molecule has 1 atom stereocenters. The molecule has 1 aromatic rings. The molecule has 1 N–H and O–H groups in total. The molecule has 2 fully saturated rings. The minimum atomic E-state index is 0.182. The largest absolute Gasteiger partial charge is 0.372 e. The van der Waals surface area contributed by atoms with E-state index in [0.29, 0.717) is 0 Å². The van der Waals surface area contributed by atoms with Gasteiger partial charge in [0.15, 0.2) is 0 Å². The first-order chi connectivity index (χ1) is 8.83. The molecule has 2 aliphatic rings. The summed E-state index contributed by atoms with van der Waals surface area (Å²) in [5, 5.41) is 3.58. The Labute approximate surface area is 117 Å². The molecule has 1 unspecified atom stereocenters. The van der Waals surface area contributed by atoms with Gasteiger partial charge in [-0.05, 0) is 43.2 Å². The van der Waals surface area contributed by atoms with E-state index in [1.807, 2.05) is 0 Å². The summed E-state index contributed by atoms with van der Waals surface area (Å²) in [6.07, 6.45) is 5.52. The van der Waals surface area contributed by atoms with Gasteiger partial charge in [-0.25, -0.2) is 0 Å². The Kier molecular flexibility index (Phi) is 4.02. The van der Waals surface area contributed by atoms with Gasteiger partial charge in [0, 0.05) is 17.1 Å². The van der Waals surface area contributed by atoms with Crippen LogP contribution in [0.4, 0.5) is 0 Å². The van der Waals surface area contributed by atoms with Crippen LogP contribution in [0.2, 0.25) is 0 Å². The zero-order chi connectivity index (χ0) is 12.4. The standard InChI is InChI=1S/C15H20BrNO/c16-14-4-2-1-3-13(14)15(9-17-12-7-8-12)18-10-11-5-6-11/h1-4,11-12,15,17H,5-10H2. The topological polar surface area (TPSA) is 21.3 Å². The van der Waals surface area contributed by atoms with Crippen molar-refractivity contribution in [3.05, 3.63) is 34.3 Å². The fraction of sp³-hybridized carbons (Fsp3) is 0.600. The molecule has 2 aliphatic carbocycles. The van der Waals surface area contributed by atoms with E-state index in [9.17, 15) is 0 Å². The van der Waals surface area contributed by atoms with Gasteiger partial charge in [0.05, 0.1) is 12.7 Å². The summed E-state index contributed by atoms with van der Waals surface area (Å²) < 4.78 is 7.27. The molecule has 18 heavy (non-hydrogen) atoms. The predicted octanol–water partition coefficient (Wildman–Crippen LogP) is 3.67. The van der Waals surface area contributed by atoms with Crippen molar-refractivity contribution in [3.8, 4) is 0 Å². The molecule has 1 aromatic carbocycles. The summed E-state index contributed by atoms with van der Waals surface area (Å²) in [6.45, 7) is 1.85. The Morgan fingerprint density at radius 1 is 1.22 bits per heavy atom. The number of rotatable bonds is 7. The normalized spacial score (nSPS) is 20.9. The van der Waals surface area contributed by atoms with Crippen LogP contribution >= 0.6 is 15.9 Å². The zero-order valence-corrected chi connectivity index (χ0v) is 12.2. The van der Waals surface area contributed by atoms with Crippen LogP contribution in [-0.4, -0.2) is 19.2 Å². The lowest BCUT2D eigenvalue weighted by Gasteiger charge is -2.20. The summed E-state index contributed by atoms with van der Waals surface area (Å²) in [5.41, 5.74) is 1.27. The molecular formula is C15H20BrNO.